The van der Waals surface area contributed by atoms with E-state index in [1.165, 1.54) is 5.57 Å². The highest BCUT2D eigenvalue weighted by atomic mass is 16.3. The second kappa shape index (κ2) is 6.23. The van der Waals surface area contributed by atoms with E-state index >= 15 is 0 Å². The van der Waals surface area contributed by atoms with Gasteiger partial charge in [0.05, 0.1) is 12.3 Å². The second-order valence-corrected chi connectivity index (χ2v) is 3.73. The maximum Gasteiger partial charge on any atom is 0.0687 e. The number of aliphatic imine (C=N–C) groups is 1. The van der Waals surface area contributed by atoms with Crippen LogP contribution in [0.2, 0.25) is 0 Å². The minimum Gasteiger partial charge on any atom is -0.392 e. The Balaban J connectivity index is 3.21. The van der Waals surface area contributed by atoms with Crippen molar-refractivity contribution in [3.05, 3.63) is 41.0 Å². The number of hydrogen-bond acceptors (Lipinski definition) is 2. The molecule has 0 bridgehead atoms. The van der Waals surface area contributed by atoms with E-state index in [1.807, 2.05) is 31.2 Å². The van der Waals surface area contributed by atoms with Crippen molar-refractivity contribution in [3.8, 4) is 0 Å². The van der Waals surface area contributed by atoms with E-state index in [0.717, 1.165) is 23.2 Å². The Kier molecular flexibility index (Phi) is 4.93. The number of nitrogens with zero attached hydrogens (tertiary/aromatic N) is 1. The van der Waals surface area contributed by atoms with E-state index in [9.17, 15) is 0 Å². The first-order valence-corrected chi connectivity index (χ1v) is 5.61. The van der Waals surface area contributed by atoms with Gasteiger partial charge >= 0.3 is 0 Å². The number of aliphatic hydroxyl groups excluding tert-OH is 1. The van der Waals surface area contributed by atoms with Crippen LogP contribution in [0.3, 0.4) is 0 Å². The van der Waals surface area contributed by atoms with E-state index in [2.05, 4.69) is 18.8 Å². The molecular weight excluding hydrogens is 198 g/mol. The molecule has 2 heteroatoms. The molecule has 1 N–H and O–H groups in total. The fraction of sp³-hybridized carbons (Fsp3) is 0.357. The van der Waals surface area contributed by atoms with Crippen molar-refractivity contribution in [2.45, 2.75) is 33.8 Å². The zero-order valence-electron chi connectivity index (χ0n) is 10.2. The summed E-state index contributed by atoms with van der Waals surface area (Å²) in [5.74, 6) is 0. The molecule has 0 aromatic heterocycles. The first-order chi connectivity index (χ1) is 7.72. The van der Waals surface area contributed by atoms with E-state index in [-0.39, 0.29) is 6.61 Å². The van der Waals surface area contributed by atoms with Gasteiger partial charge in [-0.05, 0) is 37.5 Å². The zero-order valence-corrected chi connectivity index (χ0v) is 10.2. The molecule has 0 spiro atoms. The molecule has 1 aromatic rings. The number of benzene rings is 1. The predicted octanol–water partition coefficient (Wildman–Crippen LogP) is 3.41. The number of aliphatic hydroxyl groups is 1. The van der Waals surface area contributed by atoms with E-state index in [1.54, 1.807) is 6.21 Å². The van der Waals surface area contributed by atoms with Crippen molar-refractivity contribution >= 4 is 11.9 Å². The number of allylic oxidation sites excluding steroid dienone is 1. The van der Waals surface area contributed by atoms with E-state index in [0.29, 0.717) is 0 Å². The first kappa shape index (κ1) is 12.7. The van der Waals surface area contributed by atoms with Crippen LogP contribution in [0.4, 0.5) is 0 Å². The van der Waals surface area contributed by atoms with Crippen LogP contribution in [0, 0.1) is 0 Å². The molecule has 0 amide bonds. The van der Waals surface area contributed by atoms with Gasteiger partial charge in [-0.2, -0.15) is 0 Å². The smallest absolute Gasteiger partial charge is 0.0687 e. The molecule has 1 rings (SSSR count). The lowest BCUT2D eigenvalue weighted by Gasteiger charge is -2.08. The SMILES string of the molecule is CC=NC(=C(C)CC)c1cccc(CO)c1. The highest BCUT2D eigenvalue weighted by molar-refractivity contribution is 5.74. The molecule has 0 saturated heterocycles. The van der Waals surface area contributed by atoms with Crippen LogP contribution in [0.15, 0.2) is 34.8 Å². The molecule has 0 aliphatic rings. The van der Waals surface area contributed by atoms with Gasteiger partial charge in [0.25, 0.3) is 0 Å². The standard InChI is InChI=1S/C14H19NO/c1-4-11(3)14(15-5-2)13-8-6-7-12(9-13)10-16/h5-9,16H,4,10H2,1-3H3. The van der Waals surface area contributed by atoms with Gasteiger partial charge < -0.3 is 5.11 Å². The van der Waals surface area contributed by atoms with Crippen molar-refractivity contribution in [1.29, 1.82) is 0 Å². The van der Waals surface area contributed by atoms with E-state index < -0.39 is 0 Å². The first-order valence-electron chi connectivity index (χ1n) is 5.61. The average Bonchev–Trinajstić information content (AvgIpc) is 2.35. The molecule has 1 aromatic carbocycles. The van der Waals surface area contributed by atoms with Crippen LogP contribution in [-0.2, 0) is 6.61 Å². The summed E-state index contributed by atoms with van der Waals surface area (Å²) in [5, 5.41) is 9.12. The van der Waals surface area contributed by atoms with Crippen LogP contribution in [0.5, 0.6) is 0 Å². The fourth-order valence-electron chi connectivity index (χ4n) is 1.54. The summed E-state index contributed by atoms with van der Waals surface area (Å²) >= 11 is 0. The highest BCUT2D eigenvalue weighted by Gasteiger charge is 2.03. The van der Waals surface area contributed by atoms with Crippen LogP contribution >= 0.6 is 0 Å². The largest absolute Gasteiger partial charge is 0.392 e. The van der Waals surface area contributed by atoms with Crippen molar-refractivity contribution < 1.29 is 5.11 Å². The van der Waals surface area contributed by atoms with Gasteiger partial charge in [-0.15, -0.1) is 0 Å². The molecule has 0 unspecified atom stereocenters. The highest BCUT2D eigenvalue weighted by Crippen LogP contribution is 2.22. The Hall–Kier alpha value is -1.41. The molecule has 0 saturated carbocycles. The van der Waals surface area contributed by atoms with Gasteiger partial charge in [0.15, 0.2) is 0 Å². The van der Waals surface area contributed by atoms with Crippen LogP contribution in [-0.4, -0.2) is 11.3 Å². The summed E-state index contributed by atoms with van der Waals surface area (Å²) in [7, 11) is 0. The zero-order chi connectivity index (χ0) is 12.0. The summed E-state index contributed by atoms with van der Waals surface area (Å²) in [6, 6.07) is 7.88. The Morgan fingerprint density at radius 2 is 2.19 bits per heavy atom. The van der Waals surface area contributed by atoms with Gasteiger partial charge in [0, 0.05) is 11.8 Å². The average molecular weight is 217 g/mol. The van der Waals surface area contributed by atoms with Gasteiger partial charge in [0.1, 0.15) is 0 Å². The van der Waals surface area contributed by atoms with Crippen molar-refractivity contribution in [2.24, 2.45) is 4.99 Å². The topological polar surface area (TPSA) is 32.6 Å². The van der Waals surface area contributed by atoms with Crippen molar-refractivity contribution in [2.75, 3.05) is 0 Å². The molecule has 16 heavy (non-hydrogen) atoms. The minimum atomic E-state index is 0.0716. The Morgan fingerprint density at radius 1 is 1.44 bits per heavy atom. The molecule has 0 aliphatic carbocycles. The Labute approximate surface area is 97.4 Å². The molecule has 0 aliphatic heterocycles. The Morgan fingerprint density at radius 3 is 2.75 bits per heavy atom. The lowest BCUT2D eigenvalue weighted by atomic mass is 10.0. The van der Waals surface area contributed by atoms with Gasteiger partial charge in [-0.3, -0.25) is 4.99 Å². The quantitative estimate of drug-likeness (QED) is 0.770. The van der Waals surface area contributed by atoms with E-state index in [4.69, 9.17) is 5.11 Å². The third kappa shape index (κ3) is 3.04. The summed E-state index contributed by atoms with van der Waals surface area (Å²) in [4.78, 5) is 4.41. The summed E-state index contributed by atoms with van der Waals surface area (Å²) < 4.78 is 0. The summed E-state index contributed by atoms with van der Waals surface area (Å²) in [5.41, 5.74) is 4.27. The number of rotatable bonds is 4. The molecule has 0 heterocycles. The minimum absolute atomic E-state index is 0.0716. The van der Waals surface area contributed by atoms with Gasteiger partial charge in [0.2, 0.25) is 0 Å². The normalized spacial score (nSPS) is 13.0. The third-order valence-corrected chi connectivity index (χ3v) is 2.58. The van der Waals surface area contributed by atoms with Crippen LogP contribution < -0.4 is 0 Å². The molecular formula is C14H19NO. The maximum absolute atomic E-state index is 9.12. The van der Waals surface area contributed by atoms with Crippen molar-refractivity contribution in [1.82, 2.24) is 0 Å². The number of hydrogen-bond donors (Lipinski definition) is 1. The monoisotopic (exact) mass is 217 g/mol. The molecule has 0 radical (unpaired) electrons. The third-order valence-electron chi connectivity index (χ3n) is 2.58. The lowest BCUT2D eigenvalue weighted by molar-refractivity contribution is 0.282. The summed E-state index contributed by atoms with van der Waals surface area (Å²) in [6.45, 7) is 6.20. The molecule has 0 fully saturated rings. The van der Waals surface area contributed by atoms with Crippen molar-refractivity contribution in [3.63, 3.8) is 0 Å². The molecule has 2 nitrogen and oxygen atoms in total. The summed E-state index contributed by atoms with van der Waals surface area (Å²) in [6.07, 6.45) is 2.79. The lowest BCUT2D eigenvalue weighted by Crippen LogP contribution is -1.90. The molecule has 86 valence electrons. The predicted molar refractivity (Wildman–Crippen MR) is 69.4 cm³/mol. The Bertz CT molecular complexity index is 405. The van der Waals surface area contributed by atoms with Gasteiger partial charge in [-0.25, -0.2) is 0 Å². The maximum atomic E-state index is 9.12. The fourth-order valence-corrected chi connectivity index (χ4v) is 1.54. The van der Waals surface area contributed by atoms with Crippen LogP contribution in [0.25, 0.3) is 5.70 Å². The van der Waals surface area contributed by atoms with Gasteiger partial charge in [-0.1, -0.05) is 25.1 Å². The van der Waals surface area contributed by atoms with Crippen LogP contribution in [0.1, 0.15) is 38.3 Å². The molecule has 0 atom stereocenters. The second-order valence-electron chi connectivity index (χ2n) is 3.73.